The summed E-state index contributed by atoms with van der Waals surface area (Å²) < 4.78 is 33.4. The van der Waals surface area contributed by atoms with Crippen LogP contribution in [-0.4, -0.2) is 41.6 Å². The SMILES string of the molecule is CC(C)n1ncnc1CNS(=O)(=O)CC1CCCO1. The average Bonchev–Trinajstić information content (AvgIpc) is 2.95. The molecule has 1 aromatic rings. The second-order valence-corrected chi connectivity index (χ2v) is 6.80. The number of rotatable bonds is 6. The van der Waals surface area contributed by atoms with E-state index in [2.05, 4.69) is 14.8 Å². The Morgan fingerprint density at radius 1 is 1.58 bits per heavy atom. The van der Waals surface area contributed by atoms with E-state index in [-0.39, 0.29) is 24.4 Å². The fourth-order valence-corrected chi connectivity index (χ4v) is 3.31. The molecular weight excluding hydrogens is 268 g/mol. The van der Waals surface area contributed by atoms with Crippen LogP contribution in [0.25, 0.3) is 0 Å². The highest BCUT2D eigenvalue weighted by Crippen LogP contribution is 2.13. The zero-order valence-corrected chi connectivity index (χ0v) is 12.1. The molecule has 0 aromatic carbocycles. The molecule has 1 fully saturated rings. The summed E-state index contributed by atoms with van der Waals surface area (Å²) in [7, 11) is -3.34. The Morgan fingerprint density at radius 2 is 2.37 bits per heavy atom. The molecule has 0 bridgehead atoms. The first kappa shape index (κ1) is 14.4. The molecule has 1 aromatic heterocycles. The molecular formula is C11H20N4O3S. The normalized spacial score (nSPS) is 20.3. The molecule has 2 heterocycles. The fourth-order valence-electron chi connectivity index (χ4n) is 2.09. The lowest BCUT2D eigenvalue weighted by molar-refractivity contribution is 0.127. The van der Waals surface area contributed by atoms with Gasteiger partial charge in [-0.2, -0.15) is 5.10 Å². The second kappa shape index (κ2) is 5.98. The van der Waals surface area contributed by atoms with E-state index in [9.17, 15) is 8.42 Å². The first-order valence-electron chi connectivity index (χ1n) is 6.45. The number of hydrogen-bond donors (Lipinski definition) is 1. The summed E-state index contributed by atoms with van der Waals surface area (Å²) in [6.07, 6.45) is 3.00. The van der Waals surface area contributed by atoms with E-state index in [0.717, 1.165) is 12.8 Å². The van der Waals surface area contributed by atoms with E-state index in [4.69, 9.17) is 4.74 Å². The lowest BCUT2D eigenvalue weighted by Crippen LogP contribution is -2.32. The van der Waals surface area contributed by atoms with Crippen LogP contribution in [0.3, 0.4) is 0 Å². The van der Waals surface area contributed by atoms with Gasteiger partial charge in [0.1, 0.15) is 12.2 Å². The van der Waals surface area contributed by atoms with Gasteiger partial charge in [0.15, 0.2) is 0 Å². The molecule has 0 amide bonds. The van der Waals surface area contributed by atoms with E-state index < -0.39 is 10.0 Å². The molecule has 1 saturated heterocycles. The predicted molar refractivity (Wildman–Crippen MR) is 70.0 cm³/mol. The lowest BCUT2D eigenvalue weighted by atomic mass is 10.3. The van der Waals surface area contributed by atoms with Crippen LogP contribution in [0.5, 0.6) is 0 Å². The first-order chi connectivity index (χ1) is 8.98. The lowest BCUT2D eigenvalue weighted by Gasteiger charge is -2.12. The number of ether oxygens (including phenoxy) is 1. The summed E-state index contributed by atoms with van der Waals surface area (Å²) in [5, 5.41) is 4.07. The largest absolute Gasteiger partial charge is 0.377 e. The van der Waals surface area contributed by atoms with Crippen LogP contribution in [-0.2, 0) is 21.3 Å². The van der Waals surface area contributed by atoms with Crippen molar-refractivity contribution in [3.63, 3.8) is 0 Å². The van der Waals surface area contributed by atoms with Gasteiger partial charge in [0.25, 0.3) is 0 Å². The zero-order chi connectivity index (χ0) is 13.9. The Balaban J connectivity index is 1.91. The maximum absolute atomic E-state index is 11.9. The van der Waals surface area contributed by atoms with Crippen molar-refractivity contribution >= 4 is 10.0 Å². The summed E-state index contributed by atoms with van der Waals surface area (Å²) in [6.45, 7) is 4.76. The fraction of sp³-hybridized carbons (Fsp3) is 0.818. The molecule has 0 aliphatic carbocycles. The van der Waals surface area contributed by atoms with Crippen LogP contribution in [0.2, 0.25) is 0 Å². The van der Waals surface area contributed by atoms with E-state index in [0.29, 0.717) is 12.4 Å². The molecule has 0 saturated carbocycles. The molecule has 19 heavy (non-hydrogen) atoms. The predicted octanol–water partition coefficient (Wildman–Crippen LogP) is 0.457. The second-order valence-electron chi connectivity index (χ2n) is 4.95. The third kappa shape index (κ3) is 3.99. The van der Waals surface area contributed by atoms with Crippen molar-refractivity contribution in [2.45, 2.75) is 45.4 Å². The van der Waals surface area contributed by atoms with Crippen LogP contribution >= 0.6 is 0 Å². The van der Waals surface area contributed by atoms with Gasteiger partial charge in [-0.25, -0.2) is 22.8 Å². The van der Waals surface area contributed by atoms with Gasteiger partial charge in [-0.05, 0) is 26.7 Å². The summed E-state index contributed by atoms with van der Waals surface area (Å²) >= 11 is 0. The molecule has 1 aliphatic heterocycles. The summed E-state index contributed by atoms with van der Waals surface area (Å²) in [4.78, 5) is 4.07. The van der Waals surface area contributed by atoms with E-state index in [1.165, 1.54) is 6.33 Å². The highest BCUT2D eigenvalue weighted by atomic mass is 32.2. The standard InChI is InChI=1S/C11H20N4O3S/c1-9(2)15-11(12-8-13-15)6-14-19(16,17)7-10-4-3-5-18-10/h8-10,14H,3-7H2,1-2H3. The van der Waals surface area contributed by atoms with Crippen molar-refractivity contribution in [3.8, 4) is 0 Å². The zero-order valence-electron chi connectivity index (χ0n) is 11.2. The number of nitrogens with zero attached hydrogens (tertiary/aromatic N) is 3. The minimum atomic E-state index is -3.34. The van der Waals surface area contributed by atoms with Crippen molar-refractivity contribution < 1.29 is 13.2 Å². The number of nitrogens with one attached hydrogen (secondary N) is 1. The van der Waals surface area contributed by atoms with E-state index in [1.807, 2.05) is 13.8 Å². The number of hydrogen-bond acceptors (Lipinski definition) is 5. The third-order valence-electron chi connectivity index (χ3n) is 3.02. The van der Waals surface area contributed by atoms with Crippen molar-refractivity contribution in [1.29, 1.82) is 0 Å². The van der Waals surface area contributed by atoms with E-state index in [1.54, 1.807) is 4.68 Å². The minimum absolute atomic E-state index is 0.0167. The molecule has 1 unspecified atom stereocenters. The Morgan fingerprint density at radius 3 is 3.00 bits per heavy atom. The topological polar surface area (TPSA) is 86.1 Å². The Kier molecular flexibility index (Phi) is 4.54. The van der Waals surface area contributed by atoms with Crippen LogP contribution in [0.1, 0.15) is 38.6 Å². The van der Waals surface area contributed by atoms with Crippen LogP contribution in [0.15, 0.2) is 6.33 Å². The monoisotopic (exact) mass is 288 g/mol. The Hall–Kier alpha value is -0.990. The maximum Gasteiger partial charge on any atom is 0.214 e. The van der Waals surface area contributed by atoms with Gasteiger partial charge in [-0.3, -0.25) is 0 Å². The Bertz CT molecular complexity index is 506. The van der Waals surface area contributed by atoms with Gasteiger partial charge in [0.2, 0.25) is 10.0 Å². The van der Waals surface area contributed by atoms with Gasteiger partial charge in [0.05, 0.1) is 18.4 Å². The molecule has 1 N–H and O–H groups in total. The van der Waals surface area contributed by atoms with Gasteiger partial charge < -0.3 is 4.74 Å². The van der Waals surface area contributed by atoms with Crippen LogP contribution in [0.4, 0.5) is 0 Å². The first-order valence-corrected chi connectivity index (χ1v) is 8.10. The highest BCUT2D eigenvalue weighted by molar-refractivity contribution is 7.89. The molecule has 1 aliphatic rings. The molecule has 108 valence electrons. The number of sulfonamides is 1. The van der Waals surface area contributed by atoms with Crippen molar-refractivity contribution in [3.05, 3.63) is 12.2 Å². The summed E-state index contributed by atoms with van der Waals surface area (Å²) in [5.74, 6) is 0.633. The number of aromatic nitrogens is 3. The van der Waals surface area contributed by atoms with Crippen molar-refractivity contribution in [1.82, 2.24) is 19.5 Å². The molecule has 8 heteroatoms. The van der Waals surface area contributed by atoms with Gasteiger partial charge in [-0.15, -0.1) is 0 Å². The molecule has 1 atom stereocenters. The van der Waals surface area contributed by atoms with Crippen LogP contribution < -0.4 is 4.72 Å². The summed E-state index contributed by atoms with van der Waals surface area (Å²) in [6, 6.07) is 0.153. The molecule has 0 radical (unpaired) electrons. The third-order valence-corrected chi connectivity index (χ3v) is 4.41. The van der Waals surface area contributed by atoms with Gasteiger partial charge >= 0.3 is 0 Å². The highest BCUT2D eigenvalue weighted by Gasteiger charge is 2.23. The van der Waals surface area contributed by atoms with Gasteiger partial charge in [-0.1, -0.05) is 0 Å². The van der Waals surface area contributed by atoms with E-state index >= 15 is 0 Å². The smallest absolute Gasteiger partial charge is 0.214 e. The van der Waals surface area contributed by atoms with Crippen molar-refractivity contribution in [2.24, 2.45) is 0 Å². The molecule has 7 nitrogen and oxygen atoms in total. The summed E-state index contributed by atoms with van der Waals surface area (Å²) in [5.41, 5.74) is 0. The quantitative estimate of drug-likeness (QED) is 0.821. The minimum Gasteiger partial charge on any atom is -0.377 e. The van der Waals surface area contributed by atoms with Crippen LogP contribution in [0, 0.1) is 0 Å². The average molecular weight is 288 g/mol. The Labute approximate surface area is 113 Å². The maximum atomic E-state index is 11.9. The van der Waals surface area contributed by atoms with Crippen molar-refractivity contribution in [2.75, 3.05) is 12.4 Å². The van der Waals surface area contributed by atoms with Gasteiger partial charge in [0, 0.05) is 12.6 Å². The molecule has 0 spiro atoms. The molecule has 2 rings (SSSR count).